The van der Waals surface area contributed by atoms with Crippen LogP contribution in [0.15, 0.2) is 18.2 Å². The van der Waals surface area contributed by atoms with Crippen LogP contribution in [-0.4, -0.2) is 25.7 Å². The molecule has 0 radical (unpaired) electrons. The van der Waals surface area contributed by atoms with Gasteiger partial charge in [0.15, 0.2) is 11.5 Å². The van der Waals surface area contributed by atoms with Gasteiger partial charge in [-0.05, 0) is 25.0 Å². The average Bonchev–Trinajstić information content (AvgIpc) is 2.38. The number of nitrogens with one attached hydrogen (secondary N) is 1. The summed E-state index contributed by atoms with van der Waals surface area (Å²) >= 11 is 0. The largest absolute Gasteiger partial charge is 0.493 e. The van der Waals surface area contributed by atoms with Gasteiger partial charge in [0, 0.05) is 11.8 Å². The molecule has 3 N–H and O–H groups in total. The highest BCUT2D eigenvalue weighted by Gasteiger charge is 2.17. The standard InChI is InChI=1S/C14H22N2O3/c1-5-19-12-8-10(6-7-11(12)18-4)16-14(17)13(15)9(2)3/h6-9,13H,5,15H2,1-4H3,(H,16,17)/t13-/m1/s1. The molecule has 1 aromatic rings. The number of anilines is 1. The van der Waals surface area contributed by atoms with Crippen LogP contribution in [0.1, 0.15) is 20.8 Å². The van der Waals surface area contributed by atoms with Crippen LogP contribution in [-0.2, 0) is 4.79 Å². The van der Waals surface area contributed by atoms with E-state index in [1.54, 1.807) is 25.3 Å². The molecule has 0 aliphatic rings. The fourth-order valence-corrected chi connectivity index (χ4v) is 1.55. The molecule has 0 spiro atoms. The van der Waals surface area contributed by atoms with Gasteiger partial charge < -0.3 is 20.5 Å². The zero-order valence-electron chi connectivity index (χ0n) is 11.9. The first kappa shape index (κ1) is 15.3. The van der Waals surface area contributed by atoms with Gasteiger partial charge in [-0.2, -0.15) is 0 Å². The van der Waals surface area contributed by atoms with Crippen molar-refractivity contribution in [2.45, 2.75) is 26.8 Å². The second kappa shape index (κ2) is 6.99. The van der Waals surface area contributed by atoms with Gasteiger partial charge in [0.2, 0.25) is 5.91 Å². The molecule has 19 heavy (non-hydrogen) atoms. The SMILES string of the molecule is CCOc1cc(NC(=O)[C@H](N)C(C)C)ccc1OC. The molecule has 0 heterocycles. The fraction of sp³-hybridized carbons (Fsp3) is 0.500. The van der Waals surface area contributed by atoms with Crippen LogP contribution in [0.5, 0.6) is 11.5 Å². The number of nitrogens with two attached hydrogens (primary N) is 1. The van der Waals surface area contributed by atoms with E-state index in [0.717, 1.165) is 0 Å². The number of methoxy groups -OCH3 is 1. The number of hydrogen-bond acceptors (Lipinski definition) is 4. The van der Waals surface area contributed by atoms with E-state index in [1.807, 2.05) is 20.8 Å². The first-order chi connectivity index (χ1) is 8.99. The highest BCUT2D eigenvalue weighted by molar-refractivity contribution is 5.95. The molecular weight excluding hydrogens is 244 g/mol. The number of ether oxygens (including phenoxy) is 2. The molecule has 1 rings (SSSR count). The van der Waals surface area contributed by atoms with Gasteiger partial charge in [0.05, 0.1) is 19.8 Å². The van der Waals surface area contributed by atoms with Gasteiger partial charge in [-0.1, -0.05) is 13.8 Å². The zero-order chi connectivity index (χ0) is 14.4. The summed E-state index contributed by atoms with van der Waals surface area (Å²) in [4.78, 5) is 11.9. The van der Waals surface area contributed by atoms with E-state index in [9.17, 15) is 4.79 Å². The first-order valence-corrected chi connectivity index (χ1v) is 6.36. The molecular formula is C14H22N2O3. The van der Waals surface area contributed by atoms with Crippen molar-refractivity contribution in [3.63, 3.8) is 0 Å². The maximum Gasteiger partial charge on any atom is 0.241 e. The van der Waals surface area contributed by atoms with Crippen molar-refractivity contribution in [3.05, 3.63) is 18.2 Å². The van der Waals surface area contributed by atoms with Gasteiger partial charge in [0.25, 0.3) is 0 Å². The van der Waals surface area contributed by atoms with Crippen LogP contribution in [0.25, 0.3) is 0 Å². The van der Waals surface area contributed by atoms with Crippen molar-refractivity contribution < 1.29 is 14.3 Å². The van der Waals surface area contributed by atoms with E-state index in [1.165, 1.54) is 0 Å². The summed E-state index contributed by atoms with van der Waals surface area (Å²) in [7, 11) is 1.57. The van der Waals surface area contributed by atoms with E-state index >= 15 is 0 Å². The summed E-state index contributed by atoms with van der Waals surface area (Å²) in [5.41, 5.74) is 6.44. The van der Waals surface area contributed by atoms with E-state index in [2.05, 4.69) is 5.32 Å². The summed E-state index contributed by atoms with van der Waals surface area (Å²) in [5, 5.41) is 2.77. The van der Waals surface area contributed by atoms with Crippen molar-refractivity contribution in [2.24, 2.45) is 11.7 Å². The third-order valence-electron chi connectivity index (χ3n) is 2.75. The molecule has 0 bridgehead atoms. The monoisotopic (exact) mass is 266 g/mol. The highest BCUT2D eigenvalue weighted by atomic mass is 16.5. The molecule has 0 aromatic heterocycles. The number of carbonyl (C=O) groups excluding carboxylic acids is 1. The van der Waals surface area contributed by atoms with Gasteiger partial charge >= 0.3 is 0 Å². The highest BCUT2D eigenvalue weighted by Crippen LogP contribution is 2.30. The Kier molecular flexibility index (Phi) is 5.63. The molecule has 5 heteroatoms. The molecule has 1 aromatic carbocycles. The maximum absolute atomic E-state index is 11.9. The van der Waals surface area contributed by atoms with Crippen LogP contribution >= 0.6 is 0 Å². The number of benzene rings is 1. The minimum Gasteiger partial charge on any atom is -0.493 e. The third-order valence-corrected chi connectivity index (χ3v) is 2.75. The van der Waals surface area contributed by atoms with Gasteiger partial charge in [-0.25, -0.2) is 0 Å². The Morgan fingerprint density at radius 2 is 2.05 bits per heavy atom. The lowest BCUT2D eigenvalue weighted by Crippen LogP contribution is -2.39. The van der Waals surface area contributed by atoms with E-state index in [-0.39, 0.29) is 11.8 Å². The van der Waals surface area contributed by atoms with Gasteiger partial charge in [0.1, 0.15) is 0 Å². The van der Waals surface area contributed by atoms with Crippen molar-refractivity contribution in [3.8, 4) is 11.5 Å². The van der Waals surface area contributed by atoms with Crippen molar-refractivity contribution >= 4 is 11.6 Å². The summed E-state index contributed by atoms with van der Waals surface area (Å²) in [6.07, 6.45) is 0. The van der Waals surface area contributed by atoms with Crippen molar-refractivity contribution in [1.82, 2.24) is 0 Å². The molecule has 0 saturated carbocycles. The Labute approximate surface area is 114 Å². The molecule has 0 saturated heterocycles. The lowest BCUT2D eigenvalue weighted by atomic mass is 10.0. The molecule has 0 aliphatic heterocycles. The van der Waals surface area contributed by atoms with Crippen LogP contribution in [0.2, 0.25) is 0 Å². The minimum atomic E-state index is -0.530. The van der Waals surface area contributed by atoms with E-state index < -0.39 is 6.04 Å². The average molecular weight is 266 g/mol. The summed E-state index contributed by atoms with van der Waals surface area (Å²) < 4.78 is 10.6. The Balaban J connectivity index is 2.84. The summed E-state index contributed by atoms with van der Waals surface area (Å²) in [6.45, 7) is 6.23. The number of hydrogen-bond donors (Lipinski definition) is 2. The summed E-state index contributed by atoms with van der Waals surface area (Å²) in [6, 6.07) is 4.71. The molecule has 5 nitrogen and oxygen atoms in total. The zero-order valence-corrected chi connectivity index (χ0v) is 11.9. The second-order valence-electron chi connectivity index (χ2n) is 4.56. The predicted molar refractivity (Wildman–Crippen MR) is 75.6 cm³/mol. The van der Waals surface area contributed by atoms with Gasteiger partial charge in [-0.15, -0.1) is 0 Å². The molecule has 1 atom stereocenters. The lowest BCUT2D eigenvalue weighted by Gasteiger charge is -2.16. The Morgan fingerprint density at radius 3 is 2.58 bits per heavy atom. The minimum absolute atomic E-state index is 0.0876. The molecule has 106 valence electrons. The smallest absolute Gasteiger partial charge is 0.241 e. The fourth-order valence-electron chi connectivity index (χ4n) is 1.55. The lowest BCUT2D eigenvalue weighted by molar-refractivity contribution is -0.118. The Hall–Kier alpha value is -1.75. The van der Waals surface area contributed by atoms with Crippen LogP contribution in [0.3, 0.4) is 0 Å². The van der Waals surface area contributed by atoms with Crippen LogP contribution in [0.4, 0.5) is 5.69 Å². The third kappa shape index (κ3) is 4.13. The van der Waals surface area contributed by atoms with Crippen molar-refractivity contribution in [1.29, 1.82) is 0 Å². The second-order valence-corrected chi connectivity index (χ2v) is 4.56. The molecule has 0 unspecified atom stereocenters. The van der Waals surface area contributed by atoms with Crippen LogP contribution in [0, 0.1) is 5.92 Å². The molecule has 1 amide bonds. The number of amides is 1. The predicted octanol–water partition coefficient (Wildman–Crippen LogP) is 2.02. The first-order valence-electron chi connectivity index (χ1n) is 6.36. The quantitative estimate of drug-likeness (QED) is 0.826. The van der Waals surface area contributed by atoms with E-state index in [0.29, 0.717) is 23.8 Å². The normalized spacial score (nSPS) is 12.1. The Bertz CT molecular complexity index is 433. The maximum atomic E-state index is 11.9. The number of carbonyl (C=O) groups is 1. The number of rotatable bonds is 6. The molecule has 0 aliphatic carbocycles. The van der Waals surface area contributed by atoms with Crippen LogP contribution < -0.4 is 20.5 Å². The molecule has 0 fully saturated rings. The topological polar surface area (TPSA) is 73.6 Å². The summed E-state index contributed by atoms with van der Waals surface area (Å²) in [5.74, 6) is 1.11. The van der Waals surface area contributed by atoms with Crippen molar-refractivity contribution in [2.75, 3.05) is 19.0 Å². The van der Waals surface area contributed by atoms with E-state index in [4.69, 9.17) is 15.2 Å². The van der Waals surface area contributed by atoms with Gasteiger partial charge in [-0.3, -0.25) is 4.79 Å². The Morgan fingerprint density at radius 1 is 1.37 bits per heavy atom.